The zero-order chi connectivity index (χ0) is 35.3. The van der Waals surface area contributed by atoms with Crippen molar-refractivity contribution in [1.29, 1.82) is 0 Å². The van der Waals surface area contributed by atoms with E-state index in [1.807, 2.05) is 0 Å². The van der Waals surface area contributed by atoms with Gasteiger partial charge in [0.25, 0.3) is 5.56 Å². The molecule has 0 spiro atoms. The molecule has 2 saturated heterocycles. The highest BCUT2D eigenvalue weighted by Gasteiger charge is 2.46. The molecule has 0 aromatic carbocycles. The standard InChI is InChI=1S/C12H16N3O8P.C11H14ClN4O7P.CH4/c1-5-13-10-6(11(18)14-5)2-3-15(10)12-9(17)8(16)7(23-12)4-22-24(19,20)21;1-4-14-9(12)6-10(15-4)16(3-13-6)11-8(18)7(17)5(23-11)2-22-24(19,20)21;/h2-3,7-9,12,16-17H,4H2,1H3,(H,13,14,18)(H2,19,20,21);3,5,7-8,11,17-18H,2H2,1H3,(H2,19,20,21);1H4/t7?,8-,9-,12-;5?,7-,8-,11-;/m11./s1. The molecule has 272 valence electrons. The van der Waals surface area contributed by atoms with Gasteiger partial charge in [-0.1, -0.05) is 19.0 Å². The molecule has 6 rings (SSSR count). The maximum atomic E-state index is 11.9. The van der Waals surface area contributed by atoms with Crippen LogP contribution in [0.5, 0.6) is 0 Å². The second kappa shape index (κ2) is 14.8. The first-order chi connectivity index (χ1) is 22.3. The van der Waals surface area contributed by atoms with Gasteiger partial charge in [-0.05, 0) is 19.9 Å². The van der Waals surface area contributed by atoms with Crippen LogP contribution in [-0.4, -0.2) is 124 Å². The van der Waals surface area contributed by atoms with Crippen molar-refractivity contribution in [2.45, 2.75) is 70.4 Å². The molecule has 9 N–H and O–H groups in total. The number of H-pyrrole nitrogens is 1. The largest absolute Gasteiger partial charge is 0.469 e. The summed E-state index contributed by atoms with van der Waals surface area (Å²) in [7, 11) is -9.46. The van der Waals surface area contributed by atoms with Gasteiger partial charge < -0.3 is 59.0 Å². The number of aryl methyl sites for hydroxylation is 2. The molecule has 2 aliphatic rings. The molecule has 0 aliphatic carbocycles. The van der Waals surface area contributed by atoms with Gasteiger partial charge in [-0.15, -0.1) is 0 Å². The number of imidazole rings is 1. The van der Waals surface area contributed by atoms with Crippen LogP contribution in [0.2, 0.25) is 5.15 Å². The van der Waals surface area contributed by atoms with E-state index in [0.29, 0.717) is 22.8 Å². The Balaban J connectivity index is 0.000000216. The second-order valence-electron chi connectivity index (χ2n) is 10.7. The number of hydrogen-bond acceptors (Lipinski definition) is 15. The number of nitrogens with zero attached hydrogens (tertiary/aromatic N) is 6. The van der Waals surface area contributed by atoms with Crippen LogP contribution in [-0.2, 0) is 27.7 Å². The predicted octanol–water partition coefficient (Wildman–Crippen LogP) is -1.09. The topological polar surface area (TPSA) is 327 Å². The number of aromatic amines is 1. The summed E-state index contributed by atoms with van der Waals surface area (Å²) in [5, 5.41) is 40.8. The van der Waals surface area contributed by atoms with E-state index in [4.69, 9.17) is 40.6 Å². The third-order valence-corrected chi connectivity index (χ3v) is 8.46. The van der Waals surface area contributed by atoms with Gasteiger partial charge in [-0.3, -0.25) is 18.4 Å². The number of fused-ring (bicyclic) bond motifs is 2. The third kappa shape index (κ3) is 8.59. The number of aliphatic hydroxyl groups excluding tert-OH is 4. The minimum Gasteiger partial charge on any atom is -0.387 e. The molecule has 2 unspecified atom stereocenters. The van der Waals surface area contributed by atoms with Crippen LogP contribution in [0.25, 0.3) is 22.2 Å². The molecule has 0 amide bonds. The van der Waals surface area contributed by atoms with Gasteiger partial charge in [-0.25, -0.2) is 29.1 Å². The molecule has 2 aliphatic heterocycles. The highest BCUT2D eigenvalue weighted by molar-refractivity contribution is 7.46. The molecule has 8 atom stereocenters. The first-order valence-corrected chi connectivity index (χ1v) is 17.2. The van der Waals surface area contributed by atoms with Crippen molar-refractivity contribution in [1.82, 2.24) is 34.1 Å². The smallest absolute Gasteiger partial charge is 0.387 e. The number of aromatic nitrogens is 7. The fourth-order valence-corrected chi connectivity index (χ4v) is 6.00. The summed E-state index contributed by atoms with van der Waals surface area (Å²) >= 11 is 5.99. The minimum atomic E-state index is -4.73. The Morgan fingerprint density at radius 1 is 0.857 bits per heavy atom. The average Bonchev–Trinajstić information content (AvgIpc) is 3.72. The first-order valence-electron chi connectivity index (χ1n) is 13.7. The highest BCUT2D eigenvalue weighted by atomic mass is 35.5. The van der Waals surface area contributed by atoms with Crippen LogP contribution in [0.1, 0.15) is 31.5 Å². The lowest BCUT2D eigenvalue weighted by Crippen LogP contribution is -2.33. The summed E-state index contributed by atoms with van der Waals surface area (Å²) < 4.78 is 43.8. The van der Waals surface area contributed by atoms with E-state index >= 15 is 0 Å². The average molecular weight is 758 g/mol. The predicted molar refractivity (Wildman–Crippen MR) is 165 cm³/mol. The van der Waals surface area contributed by atoms with Gasteiger partial charge in [0.1, 0.15) is 59.4 Å². The Bertz CT molecular complexity index is 1950. The zero-order valence-electron chi connectivity index (χ0n) is 24.7. The summed E-state index contributed by atoms with van der Waals surface area (Å²) in [6.07, 6.45) is -7.31. The molecule has 4 aromatic heterocycles. The molecule has 22 nitrogen and oxygen atoms in total. The first kappa shape index (κ1) is 39.0. The lowest BCUT2D eigenvalue weighted by Gasteiger charge is -2.17. The van der Waals surface area contributed by atoms with Crippen molar-refractivity contribution in [3.8, 4) is 0 Å². The molecule has 0 bridgehead atoms. The van der Waals surface area contributed by atoms with Gasteiger partial charge in [0.15, 0.2) is 23.3 Å². The Morgan fingerprint density at radius 3 is 1.92 bits per heavy atom. The number of hydrogen-bond donors (Lipinski definition) is 9. The lowest BCUT2D eigenvalue weighted by molar-refractivity contribution is -0.0504. The molecule has 2 fully saturated rings. The van der Waals surface area contributed by atoms with E-state index < -0.39 is 77.9 Å². The van der Waals surface area contributed by atoms with E-state index in [1.165, 1.54) is 27.7 Å². The van der Waals surface area contributed by atoms with Crippen LogP contribution in [0.4, 0.5) is 0 Å². The summed E-state index contributed by atoms with van der Waals surface area (Å²) in [6, 6.07) is 1.49. The quantitative estimate of drug-likeness (QED) is 0.0762. The van der Waals surface area contributed by atoms with Gasteiger partial charge in [0.05, 0.1) is 24.9 Å². The molecule has 6 heterocycles. The zero-order valence-corrected chi connectivity index (χ0v) is 27.2. The number of rotatable bonds is 8. The Hall–Kier alpha value is -2.76. The summed E-state index contributed by atoms with van der Waals surface area (Å²) in [5.41, 5.74) is 0.484. The Labute approximate surface area is 280 Å². The second-order valence-corrected chi connectivity index (χ2v) is 13.5. The van der Waals surface area contributed by atoms with Crippen molar-refractivity contribution in [3.63, 3.8) is 0 Å². The minimum absolute atomic E-state index is 0. The Morgan fingerprint density at radius 2 is 1.39 bits per heavy atom. The summed E-state index contributed by atoms with van der Waals surface area (Å²) in [6.45, 7) is 2.02. The Kier molecular flexibility index (Phi) is 11.8. The molecule has 49 heavy (non-hydrogen) atoms. The van der Waals surface area contributed by atoms with Crippen LogP contribution >= 0.6 is 27.2 Å². The van der Waals surface area contributed by atoms with Crippen molar-refractivity contribution < 1.29 is 67.7 Å². The number of aliphatic hydroxyl groups is 4. The van der Waals surface area contributed by atoms with Gasteiger partial charge >= 0.3 is 15.6 Å². The van der Waals surface area contributed by atoms with Crippen molar-refractivity contribution >= 4 is 49.4 Å². The number of phosphoric acid groups is 2. The third-order valence-electron chi connectivity index (χ3n) is 7.23. The van der Waals surface area contributed by atoms with E-state index in [9.17, 15) is 34.4 Å². The SMILES string of the molecule is C.Cc1nc(Cl)c2ncn([C@@H]3OC(COP(=O)(O)O)[C@@H](O)[C@H]3O)c2n1.Cc1nc2c(ccn2[C@@H]2OC(COP(=O)(O)O)[C@@H](O)[C@H]2O)c(=O)[nH]1. The molecular weight excluding hydrogens is 724 g/mol. The van der Waals surface area contributed by atoms with E-state index in [-0.39, 0.29) is 29.2 Å². The molecular formula is C24H34ClN7O15P2. The number of phosphoric ester groups is 2. The molecule has 0 radical (unpaired) electrons. The van der Waals surface area contributed by atoms with Crippen LogP contribution in [0.3, 0.4) is 0 Å². The number of halogens is 1. The maximum absolute atomic E-state index is 11.9. The van der Waals surface area contributed by atoms with Crippen LogP contribution in [0.15, 0.2) is 23.4 Å². The van der Waals surface area contributed by atoms with E-state index in [2.05, 4.69) is 34.0 Å². The van der Waals surface area contributed by atoms with E-state index in [1.54, 1.807) is 13.8 Å². The summed E-state index contributed by atoms with van der Waals surface area (Å²) in [5.74, 6) is 0.741. The fourth-order valence-electron chi connectivity index (χ4n) is 5.06. The molecule has 25 heteroatoms. The van der Waals surface area contributed by atoms with Crippen LogP contribution < -0.4 is 5.56 Å². The number of nitrogens with one attached hydrogen (secondary N) is 1. The fraction of sp³-hybridized carbons (Fsp3) is 0.542. The molecule has 4 aromatic rings. The van der Waals surface area contributed by atoms with Crippen molar-refractivity contribution in [2.75, 3.05) is 13.2 Å². The summed E-state index contributed by atoms with van der Waals surface area (Å²) in [4.78, 5) is 65.7. The highest BCUT2D eigenvalue weighted by Crippen LogP contribution is 2.40. The lowest BCUT2D eigenvalue weighted by atomic mass is 10.1. The van der Waals surface area contributed by atoms with E-state index in [0.717, 1.165) is 0 Å². The van der Waals surface area contributed by atoms with Crippen molar-refractivity contribution in [3.05, 3.63) is 45.7 Å². The normalized spacial score (nSPS) is 27.3. The maximum Gasteiger partial charge on any atom is 0.469 e. The van der Waals surface area contributed by atoms with Gasteiger partial charge in [0, 0.05) is 6.20 Å². The van der Waals surface area contributed by atoms with Gasteiger partial charge in [-0.2, -0.15) is 0 Å². The monoisotopic (exact) mass is 757 g/mol. The van der Waals surface area contributed by atoms with Crippen molar-refractivity contribution in [2.24, 2.45) is 0 Å². The number of ether oxygens (including phenoxy) is 2. The molecule has 0 saturated carbocycles. The van der Waals surface area contributed by atoms with Gasteiger partial charge in [0.2, 0.25) is 0 Å². The van der Waals surface area contributed by atoms with Crippen LogP contribution in [0, 0.1) is 13.8 Å².